The summed E-state index contributed by atoms with van der Waals surface area (Å²) in [4.78, 5) is 24.3. The van der Waals surface area contributed by atoms with Crippen molar-refractivity contribution in [2.45, 2.75) is 0 Å². The number of methoxy groups -OCH3 is 2. The highest BCUT2D eigenvalue weighted by atomic mass is 79.9. The molecule has 0 bridgehead atoms. The van der Waals surface area contributed by atoms with E-state index < -0.39 is 11.9 Å². The summed E-state index contributed by atoms with van der Waals surface area (Å²) in [5.41, 5.74) is 0.814. The predicted molar refractivity (Wildman–Crippen MR) is 76.5 cm³/mol. The Hall–Kier alpha value is -2.02. The Morgan fingerprint density at radius 1 is 1.25 bits per heavy atom. The Morgan fingerprint density at radius 3 is 2.45 bits per heavy atom. The minimum Gasteiger partial charge on any atom is -0.493 e. The molecule has 3 amide bonds. The van der Waals surface area contributed by atoms with Gasteiger partial charge in [0.25, 0.3) is 5.91 Å². The van der Waals surface area contributed by atoms with Crippen molar-refractivity contribution in [1.29, 1.82) is 0 Å². The molecule has 1 aromatic rings. The first-order valence-electron chi connectivity index (χ1n) is 5.70. The third kappa shape index (κ3) is 2.49. The quantitative estimate of drug-likeness (QED) is 0.674. The molecule has 2 rings (SSSR count). The van der Waals surface area contributed by atoms with Gasteiger partial charge in [-0.3, -0.25) is 9.69 Å². The first-order valence-corrected chi connectivity index (χ1v) is 6.49. The second-order valence-electron chi connectivity index (χ2n) is 4.08. The second-order valence-corrected chi connectivity index (χ2v) is 5.00. The van der Waals surface area contributed by atoms with Crippen LogP contribution in [0, 0.1) is 0 Å². The van der Waals surface area contributed by atoms with Gasteiger partial charge in [-0.2, -0.15) is 0 Å². The van der Waals surface area contributed by atoms with Crippen molar-refractivity contribution in [2.24, 2.45) is 0 Å². The van der Waals surface area contributed by atoms with Crippen molar-refractivity contribution in [3.8, 4) is 11.5 Å². The minimum absolute atomic E-state index is 0.191. The van der Waals surface area contributed by atoms with Crippen LogP contribution in [0.2, 0.25) is 0 Å². The molecular weight excluding hydrogens is 328 g/mol. The van der Waals surface area contributed by atoms with Gasteiger partial charge in [0.1, 0.15) is 5.70 Å². The number of nitrogens with zero attached hydrogens (tertiary/aromatic N) is 1. The van der Waals surface area contributed by atoms with Gasteiger partial charge in [0.05, 0.1) is 14.2 Å². The van der Waals surface area contributed by atoms with E-state index in [0.717, 1.165) is 9.37 Å². The molecule has 1 N–H and O–H groups in total. The third-order valence-electron chi connectivity index (χ3n) is 2.85. The van der Waals surface area contributed by atoms with Crippen molar-refractivity contribution >= 4 is 33.9 Å². The maximum absolute atomic E-state index is 11.8. The smallest absolute Gasteiger partial charge is 0.328 e. The summed E-state index contributed by atoms with van der Waals surface area (Å²) < 4.78 is 11.3. The molecule has 1 aliphatic rings. The van der Waals surface area contributed by atoms with Crippen LogP contribution in [-0.2, 0) is 4.79 Å². The van der Waals surface area contributed by atoms with Gasteiger partial charge < -0.3 is 14.8 Å². The van der Waals surface area contributed by atoms with Crippen molar-refractivity contribution in [3.05, 3.63) is 27.9 Å². The zero-order valence-electron chi connectivity index (χ0n) is 11.2. The number of hydrogen-bond donors (Lipinski definition) is 1. The van der Waals surface area contributed by atoms with Gasteiger partial charge in [-0.25, -0.2) is 4.79 Å². The monoisotopic (exact) mass is 340 g/mol. The van der Waals surface area contributed by atoms with E-state index in [-0.39, 0.29) is 5.70 Å². The summed E-state index contributed by atoms with van der Waals surface area (Å²) in [6.07, 6.45) is 1.55. The van der Waals surface area contributed by atoms with Crippen molar-refractivity contribution in [3.63, 3.8) is 0 Å². The molecule has 1 saturated heterocycles. The third-order valence-corrected chi connectivity index (χ3v) is 3.31. The van der Waals surface area contributed by atoms with E-state index in [1.54, 1.807) is 18.2 Å². The predicted octanol–water partition coefficient (Wildman–Crippen LogP) is 1.99. The molecule has 106 valence electrons. The average molecular weight is 341 g/mol. The molecule has 0 atom stereocenters. The lowest BCUT2D eigenvalue weighted by Crippen LogP contribution is -2.25. The van der Waals surface area contributed by atoms with E-state index in [4.69, 9.17) is 9.47 Å². The highest BCUT2D eigenvalue weighted by Crippen LogP contribution is 2.36. The Balaban J connectivity index is 2.51. The Morgan fingerprint density at radius 2 is 1.95 bits per heavy atom. The van der Waals surface area contributed by atoms with Crippen molar-refractivity contribution in [2.75, 3.05) is 21.3 Å². The Bertz CT molecular complexity index is 613. The molecule has 1 heterocycles. The van der Waals surface area contributed by atoms with Crippen LogP contribution in [0.5, 0.6) is 11.5 Å². The average Bonchev–Trinajstić information content (AvgIpc) is 2.65. The number of benzene rings is 1. The van der Waals surface area contributed by atoms with Crippen LogP contribution in [0.4, 0.5) is 4.79 Å². The highest BCUT2D eigenvalue weighted by Gasteiger charge is 2.30. The van der Waals surface area contributed by atoms with Gasteiger partial charge in [0.15, 0.2) is 11.5 Å². The van der Waals surface area contributed by atoms with E-state index in [1.165, 1.54) is 21.3 Å². The van der Waals surface area contributed by atoms with Crippen LogP contribution >= 0.6 is 15.9 Å². The summed E-state index contributed by atoms with van der Waals surface area (Å²) in [6, 6.07) is 3.07. The SMILES string of the molecule is COc1cc(Br)cc(/C=C2/NC(=O)N(C)C2=O)c1OC. The van der Waals surface area contributed by atoms with Gasteiger partial charge >= 0.3 is 6.03 Å². The standard InChI is InChI=1S/C13H13BrN2O4/c1-16-12(17)9(15-13(16)18)5-7-4-8(14)6-10(19-2)11(7)20-3/h4-6H,1-3H3,(H,15,18)/b9-5+. The molecule has 1 aliphatic heterocycles. The number of imide groups is 1. The summed E-state index contributed by atoms with van der Waals surface area (Å²) in [5.74, 6) is 0.620. The van der Waals surface area contributed by atoms with E-state index in [2.05, 4.69) is 21.2 Å². The summed E-state index contributed by atoms with van der Waals surface area (Å²) in [7, 11) is 4.45. The second kappa shape index (κ2) is 5.54. The number of carbonyl (C=O) groups is 2. The van der Waals surface area contributed by atoms with Crippen molar-refractivity contribution < 1.29 is 19.1 Å². The summed E-state index contributed by atoms with van der Waals surface area (Å²) >= 11 is 3.36. The summed E-state index contributed by atoms with van der Waals surface area (Å²) in [5, 5.41) is 2.50. The van der Waals surface area contributed by atoms with Crippen LogP contribution in [0.15, 0.2) is 22.3 Å². The number of rotatable bonds is 3. The fourth-order valence-electron chi connectivity index (χ4n) is 1.84. The number of urea groups is 1. The molecule has 0 spiro atoms. The van der Waals surface area contributed by atoms with Crippen LogP contribution < -0.4 is 14.8 Å². The molecule has 0 unspecified atom stereocenters. The van der Waals surface area contributed by atoms with Gasteiger partial charge in [-0.1, -0.05) is 15.9 Å². The molecule has 0 radical (unpaired) electrons. The lowest BCUT2D eigenvalue weighted by molar-refractivity contribution is -0.121. The Kier molecular flexibility index (Phi) is 3.99. The van der Waals surface area contributed by atoms with E-state index in [1.807, 2.05) is 0 Å². The lowest BCUT2D eigenvalue weighted by atomic mass is 10.1. The largest absolute Gasteiger partial charge is 0.493 e. The molecule has 0 saturated carbocycles. The van der Waals surface area contributed by atoms with Gasteiger partial charge in [-0.05, 0) is 18.2 Å². The molecule has 1 fully saturated rings. The fraction of sp³-hybridized carbons (Fsp3) is 0.231. The van der Waals surface area contributed by atoms with Gasteiger partial charge in [-0.15, -0.1) is 0 Å². The topological polar surface area (TPSA) is 67.9 Å². The molecular formula is C13H13BrN2O4. The molecule has 7 heteroatoms. The van der Waals surface area contributed by atoms with E-state index in [9.17, 15) is 9.59 Å². The van der Waals surface area contributed by atoms with E-state index in [0.29, 0.717) is 17.1 Å². The fourth-order valence-corrected chi connectivity index (χ4v) is 2.30. The van der Waals surface area contributed by atoms with Crippen LogP contribution in [0.3, 0.4) is 0 Å². The molecule has 1 aromatic carbocycles. The number of halogens is 1. The number of likely N-dealkylation sites (N-methyl/N-ethyl adjacent to an activating group) is 1. The van der Waals surface area contributed by atoms with Gasteiger partial charge in [0, 0.05) is 17.1 Å². The maximum Gasteiger partial charge on any atom is 0.328 e. The van der Waals surface area contributed by atoms with Crippen LogP contribution in [0.1, 0.15) is 5.56 Å². The molecule has 0 aliphatic carbocycles. The molecule has 0 aromatic heterocycles. The zero-order valence-corrected chi connectivity index (χ0v) is 12.8. The van der Waals surface area contributed by atoms with E-state index >= 15 is 0 Å². The number of carbonyl (C=O) groups excluding carboxylic acids is 2. The number of amides is 3. The number of nitrogens with one attached hydrogen (secondary N) is 1. The zero-order chi connectivity index (χ0) is 14.9. The normalized spacial score (nSPS) is 16.6. The first-order chi connectivity index (χ1) is 9.47. The minimum atomic E-state index is -0.456. The summed E-state index contributed by atoms with van der Waals surface area (Å²) in [6.45, 7) is 0. The number of ether oxygens (including phenoxy) is 2. The molecule has 6 nitrogen and oxygen atoms in total. The molecule has 20 heavy (non-hydrogen) atoms. The van der Waals surface area contributed by atoms with Crippen LogP contribution in [-0.4, -0.2) is 38.1 Å². The number of hydrogen-bond acceptors (Lipinski definition) is 4. The maximum atomic E-state index is 11.8. The highest BCUT2D eigenvalue weighted by molar-refractivity contribution is 9.10. The van der Waals surface area contributed by atoms with Gasteiger partial charge in [0.2, 0.25) is 0 Å². The van der Waals surface area contributed by atoms with Crippen LogP contribution in [0.25, 0.3) is 6.08 Å². The first kappa shape index (κ1) is 14.4. The Labute approximate surface area is 124 Å². The lowest BCUT2D eigenvalue weighted by Gasteiger charge is -2.11. The van der Waals surface area contributed by atoms with Crippen molar-refractivity contribution in [1.82, 2.24) is 10.2 Å².